The van der Waals surface area contributed by atoms with Gasteiger partial charge in [-0.15, -0.1) is 0 Å². The summed E-state index contributed by atoms with van der Waals surface area (Å²) < 4.78 is 28.8. The molecule has 2 aliphatic carbocycles. The highest BCUT2D eigenvalue weighted by molar-refractivity contribution is 6.33. The number of nitrogens with one attached hydrogen (secondary N) is 2. The van der Waals surface area contributed by atoms with Crippen LogP contribution in [0.2, 0.25) is 5.02 Å². The van der Waals surface area contributed by atoms with Crippen LogP contribution < -0.4 is 15.0 Å². The van der Waals surface area contributed by atoms with Gasteiger partial charge in [-0.1, -0.05) is 18.5 Å². The monoisotopic (exact) mass is 635 g/mol. The summed E-state index contributed by atoms with van der Waals surface area (Å²) in [7, 11) is 1.66. The highest BCUT2D eigenvalue weighted by atomic mass is 35.5. The van der Waals surface area contributed by atoms with E-state index >= 15 is 4.39 Å². The number of H-pyrrole nitrogens is 1. The molecule has 8 rings (SSSR count). The molecule has 4 aliphatic rings. The molecule has 3 N–H and O–H groups in total. The van der Waals surface area contributed by atoms with Crippen LogP contribution in [0, 0.1) is 22.6 Å². The van der Waals surface area contributed by atoms with Crippen molar-refractivity contribution in [3.05, 3.63) is 34.9 Å². The van der Waals surface area contributed by atoms with Crippen LogP contribution in [0.15, 0.2) is 18.5 Å². The van der Waals surface area contributed by atoms with E-state index in [-0.39, 0.29) is 39.9 Å². The van der Waals surface area contributed by atoms with Crippen molar-refractivity contribution in [3.63, 3.8) is 0 Å². The average Bonchev–Trinajstić information content (AvgIpc) is 3.90. The third-order valence-electron chi connectivity index (χ3n) is 10.7. The topological polar surface area (TPSA) is 121 Å². The van der Waals surface area contributed by atoms with Gasteiger partial charge in [-0.05, 0) is 68.0 Å². The zero-order valence-corrected chi connectivity index (χ0v) is 26.5. The number of methoxy groups -OCH3 is 1. The number of benzene rings is 1. The van der Waals surface area contributed by atoms with E-state index in [0.29, 0.717) is 54.5 Å². The van der Waals surface area contributed by atoms with Crippen molar-refractivity contribution in [2.45, 2.75) is 57.5 Å². The maximum atomic E-state index is 17.0. The molecule has 0 bridgehead atoms. The molecule has 12 heteroatoms. The molecule has 0 amide bonds. The normalized spacial score (nSPS) is 28.3. The van der Waals surface area contributed by atoms with E-state index in [1.54, 1.807) is 19.5 Å². The van der Waals surface area contributed by atoms with Gasteiger partial charge < -0.3 is 24.8 Å². The van der Waals surface area contributed by atoms with Crippen molar-refractivity contribution in [1.82, 2.24) is 30.5 Å². The lowest BCUT2D eigenvalue weighted by Gasteiger charge is -2.36. The maximum absolute atomic E-state index is 17.0. The molecule has 2 aliphatic heterocycles. The number of piperidine rings is 1. The summed E-state index contributed by atoms with van der Waals surface area (Å²) in [6, 6.07) is 2.00. The van der Waals surface area contributed by atoms with Crippen LogP contribution in [0.4, 0.5) is 10.2 Å². The third-order valence-corrected chi connectivity index (χ3v) is 11.0. The van der Waals surface area contributed by atoms with Gasteiger partial charge in [-0.2, -0.15) is 15.1 Å². The van der Waals surface area contributed by atoms with Crippen LogP contribution in [0.1, 0.15) is 56.9 Å². The Balaban J connectivity index is 1.26. The van der Waals surface area contributed by atoms with Crippen molar-refractivity contribution < 1.29 is 19.0 Å². The zero-order valence-electron chi connectivity index (χ0n) is 25.7. The molecule has 0 spiro atoms. The zero-order chi connectivity index (χ0) is 30.9. The van der Waals surface area contributed by atoms with Gasteiger partial charge in [0, 0.05) is 60.2 Å². The van der Waals surface area contributed by atoms with Crippen molar-refractivity contribution in [3.8, 4) is 17.3 Å². The molecule has 2 saturated carbocycles. The summed E-state index contributed by atoms with van der Waals surface area (Å²) in [5, 5.41) is 23.4. The number of β-amino-alcohol motifs (C(OH)–C–C–N with tert-alkyl or cyclic N) is 1. The first-order valence-electron chi connectivity index (χ1n) is 16.1. The molecule has 238 valence electrons. The number of fused-ring (bicyclic) bond motifs is 3. The maximum Gasteiger partial charge on any atom is 0.319 e. The second-order valence-corrected chi connectivity index (χ2v) is 14.4. The first kappa shape index (κ1) is 29.3. The molecule has 4 unspecified atom stereocenters. The Hall–Kier alpha value is -3.12. The number of anilines is 1. The van der Waals surface area contributed by atoms with E-state index in [4.69, 9.17) is 36.0 Å². The van der Waals surface area contributed by atoms with Gasteiger partial charge in [-0.25, -0.2) is 4.39 Å². The van der Waals surface area contributed by atoms with Crippen molar-refractivity contribution in [1.29, 1.82) is 0 Å². The lowest BCUT2D eigenvalue weighted by Crippen LogP contribution is -2.45. The summed E-state index contributed by atoms with van der Waals surface area (Å²) in [6.07, 6.45) is 8.62. The van der Waals surface area contributed by atoms with Gasteiger partial charge >= 0.3 is 6.01 Å². The van der Waals surface area contributed by atoms with E-state index in [1.807, 2.05) is 11.0 Å². The van der Waals surface area contributed by atoms with E-state index < -0.39 is 11.9 Å². The van der Waals surface area contributed by atoms with Crippen molar-refractivity contribution in [2.24, 2.45) is 16.7 Å². The Morgan fingerprint density at radius 3 is 2.89 bits per heavy atom. The number of aromatic nitrogens is 5. The number of pyridine rings is 1. The number of nitrogens with zero attached hydrogens (tertiary/aromatic N) is 5. The number of hydrogen-bond donors (Lipinski definition) is 3. The standard InChI is InChI=1S/C33H39ClFN7O3/c1-32-15-33(32,6-3-7-36-16-32)17-45-31-39-28-22(30(40-31)42-12-18(14-44-2)8-20(43)13-42)10-37-29(27(28)35)26-21-11-38-41-24(21)9-23(34)25(26)19-4-5-19/h9-11,18-20,36,43H,3-8,12-17H2,1-2H3,(H,38,41). The largest absolute Gasteiger partial charge is 0.463 e. The molecule has 1 aromatic carbocycles. The molecular formula is C33H39ClFN7O3. The highest BCUT2D eigenvalue weighted by Gasteiger charge is 2.64. The first-order valence-corrected chi connectivity index (χ1v) is 16.4. The summed E-state index contributed by atoms with van der Waals surface area (Å²) in [4.78, 5) is 16.3. The second kappa shape index (κ2) is 11.0. The molecule has 3 aromatic heterocycles. The van der Waals surface area contributed by atoms with Crippen LogP contribution in [-0.4, -0.2) is 82.9 Å². The van der Waals surface area contributed by atoms with E-state index in [1.165, 1.54) is 0 Å². The number of aromatic amines is 1. The van der Waals surface area contributed by atoms with E-state index in [9.17, 15) is 5.11 Å². The van der Waals surface area contributed by atoms with Gasteiger partial charge in [0.15, 0.2) is 5.82 Å². The number of rotatable bonds is 8. The van der Waals surface area contributed by atoms with E-state index in [0.717, 1.165) is 61.7 Å². The number of aliphatic hydroxyl groups is 1. The van der Waals surface area contributed by atoms with Crippen LogP contribution in [0.3, 0.4) is 0 Å². The second-order valence-electron chi connectivity index (χ2n) is 14.0. The average molecular weight is 636 g/mol. The van der Waals surface area contributed by atoms with E-state index in [2.05, 4.69) is 22.4 Å². The van der Waals surface area contributed by atoms with Gasteiger partial charge in [0.05, 0.1) is 36.4 Å². The fourth-order valence-corrected chi connectivity index (χ4v) is 8.42. The molecular weight excluding hydrogens is 597 g/mol. The fourth-order valence-electron chi connectivity index (χ4n) is 8.07. The summed E-state index contributed by atoms with van der Waals surface area (Å²) in [5.41, 5.74) is 2.82. The molecule has 0 radical (unpaired) electrons. The van der Waals surface area contributed by atoms with Crippen molar-refractivity contribution >= 4 is 39.2 Å². The fraction of sp³-hybridized carbons (Fsp3) is 0.576. The Kier molecular flexibility index (Phi) is 7.16. The third kappa shape index (κ3) is 5.03. The Morgan fingerprint density at radius 1 is 1.20 bits per heavy atom. The minimum Gasteiger partial charge on any atom is -0.463 e. The lowest BCUT2D eigenvalue weighted by molar-refractivity contribution is 0.0813. The predicted molar refractivity (Wildman–Crippen MR) is 170 cm³/mol. The number of hydrogen-bond acceptors (Lipinski definition) is 9. The number of ether oxygens (including phenoxy) is 2. The van der Waals surface area contributed by atoms with Gasteiger partial charge in [-0.3, -0.25) is 10.1 Å². The van der Waals surface area contributed by atoms with Gasteiger partial charge in [0.2, 0.25) is 0 Å². The molecule has 4 atom stereocenters. The van der Waals surface area contributed by atoms with Crippen LogP contribution in [0.5, 0.6) is 6.01 Å². The van der Waals surface area contributed by atoms with Gasteiger partial charge in [0.1, 0.15) is 17.0 Å². The predicted octanol–water partition coefficient (Wildman–Crippen LogP) is 5.23. The van der Waals surface area contributed by atoms with Crippen LogP contribution >= 0.6 is 11.6 Å². The Bertz CT molecular complexity index is 1780. The highest BCUT2D eigenvalue weighted by Crippen LogP contribution is 2.66. The molecule has 4 fully saturated rings. The van der Waals surface area contributed by atoms with Crippen LogP contribution in [-0.2, 0) is 4.74 Å². The molecule has 4 aromatic rings. The minimum atomic E-state index is -0.572. The quantitative estimate of drug-likeness (QED) is 0.239. The summed E-state index contributed by atoms with van der Waals surface area (Å²) in [5.74, 6) is 0.300. The number of aliphatic hydroxyl groups excluding tert-OH is 1. The number of halogens is 2. The minimum absolute atomic E-state index is 0.0502. The Labute approximate surface area is 266 Å². The Morgan fingerprint density at radius 2 is 2.07 bits per heavy atom. The molecule has 5 heterocycles. The summed E-state index contributed by atoms with van der Waals surface area (Å²) in [6.45, 7) is 6.21. The van der Waals surface area contributed by atoms with Gasteiger partial charge in [0.25, 0.3) is 0 Å². The molecule has 10 nitrogen and oxygen atoms in total. The lowest BCUT2D eigenvalue weighted by atomic mass is 9.91. The molecule has 45 heavy (non-hydrogen) atoms. The smallest absolute Gasteiger partial charge is 0.319 e. The van der Waals surface area contributed by atoms with Crippen molar-refractivity contribution in [2.75, 3.05) is 51.4 Å². The first-order chi connectivity index (χ1) is 21.8. The van der Waals surface area contributed by atoms with Crippen LogP contribution in [0.25, 0.3) is 33.1 Å². The summed E-state index contributed by atoms with van der Waals surface area (Å²) >= 11 is 6.79. The SMILES string of the molecule is COCC1CC(O)CN(c2nc(OCC34CCCNCC3(C)C4)nc3c(F)c(-c4c(C5CC5)c(Cl)cc5[nH]ncc45)ncc23)C1. The molecule has 2 saturated heterocycles.